The van der Waals surface area contributed by atoms with Crippen LogP contribution in [0.25, 0.3) is 0 Å². The van der Waals surface area contributed by atoms with Crippen molar-refractivity contribution in [2.24, 2.45) is 68.3 Å². The van der Waals surface area contributed by atoms with Crippen molar-refractivity contribution in [3.05, 3.63) is 23.8 Å². The fourth-order valence-electron chi connectivity index (χ4n) is 12.8. The third kappa shape index (κ3) is 5.41. The highest BCUT2D eigenvalue weighted by atomic mass is 16.5. The Balaban J connectivity index is 1.54. The van der Waals surface area contributed by atoms with Gasteiger partial charge in [0.25, 0.3) is 5.91 Å². The molecule has 10 nitrogen and oxygen atoms in total. The average Bonchev–Trinajstić information content (AvgIpc) is 3.54. The first-order chi connectivity index (χ1) is 23.8. The van der Waals surface area contributed by atoms with Gasteiger partial charge in [-0.15, -0.1) is 0 Å². The van der Waals surface area contributed by atoms with Gasteiger partial charge in [-0.2, -0.15) is 5.10 Å². The lowest BCUT2D eigenvalue weighted by Gasteiger charge is -2.71. The number of nitrogens with zero attached hydrogens (tertiary/aromatic N) is 3. The van der Waals surface area contributed by atoms with Crippen molar-refractivity contribution in [3.8, 4) is 0 Å². The van der Waals surface area contributed by atoms with Gasteiger partial charge in [0.1, 0.15) is 6.33 Å². The van der Waals surface area contributed by atoms with Crippen LogP contribution in [0.15, 0.2) is 18.0 Å². The molecule has 51 heavy (non-hydrogen) atoms. The highest BCUT2D eigenvalue weighted by Crippen LogP contribution is 2.75. The van der Waals surface area contributed by atoms with Gasteiger partial charge in [0.15, 0.2) is 0 Å². The van der Waals surface area contributed by atoms with Gasteiger partial charge in [-0.1, -0.05) is 80.9 Å². The smallest absolute Gasteiger partial charge is 0.307 e. The van der Waals surface area contributed by atoms with E-state index in [4.69, 9.17) is 15.2 Å². The Morgan fingerprint density at radius 1 is 1.12 bits per heavy atom. The monoisotopic (exact) mass is 710 g/mol. The Bertz CT molecular complexity index is 1540. The number of hydrogen-bond acceptors (Lipinski definition) is 7. The van der Waals surface area contributed by atoms with Gasteiger partial charge in [0, 0.05) is 11.0 Å². The SMILES string of the molecule is CCN[C@@](C)(CO[C@H]1[C@H](n2ncnc2C(N)=O)C[C@]2(C)COC[C@@]13C1=CC[C@@]4(C)[C@H](C(=O)O)[C@@](C)([C@H](C)C(C)C)CC[C@]4(C)[C@H]1CC[C@H]23)C(C)C. The zero-order valence-corrected chi connectivity index (χ0v) is 33.3. The predicted octanol–water partition coefficient (Wildman–Crippen LogP) is 6.92. The molecular weight excluding hydrogens is 642 g/mol. The number of rotatable bonds is 11. The molecule has 0 unspecified atom stereocenters. The summed E-state index contributed by atoms with van der Waals surface area (Å²) in [6.45, 7) is 27.3. The molecule has 0 spiro atoms. The number of fused-ring (bicyclic) bond motifs is 3. The van der Waals surface area contributed by atoms with E-state index in [9.17, 15) is 14.7 Å². The molecule has 1 aliphatic heterocycles. The van der Waals surface area contributed by atoms with E-state index in [1.165, 1.54) is 11.9 Å². The van der Waals surface area contributed by atoms with Crippen LogP contribution in [0.4, 0.5) is 0 Å². The summed E-state index contributed by atoms with van der Waals surface area (Å²) < 4.78 is 15.9. The summed E-state index contributed by atoms with van der Waals surface area (Å²) in [6.07, 6.45) is 8.88. The summed E-state index contributed by atoms with van der Waals surface area (Å²) in [4.78, 5) is 30.7. The minimum Gasteiger partial charge on any atom is -0.481 e. The molecule has 1 aromatic heterocycles. The number of amides is 1. The third-order valence-corrected chi connectivity index (χ3v) is 16.5. The Labute approximate surface area is 306 Å². The Morgan fingerprint density at radius 2 is 1.82 bits per heavy atom. The van der Waals surface area contributed by atoms with Crippen molar-refractivity contribution in [3.63, 3.8) is 0 Å². The number of carboxylic acids is 1. The second kappa shape index (κ2) is 12.9. The molecule has 1 saturated heterocycles. The van der Waals surface area contributed by atoms with Crippen LogP contribution in [0.3, 0.4) is 0 Å². The lowest BCUT2D eigenvalue weighted by molar-refractivity contribution is -0.255. The lowest BCUT2D eigenvalue weighted by atomic mass is 9.34. The molecule has 4 fully saturated rings. The van der Waals surface area contributed by atoms with Gasteiger partial charge in [-0.25, -0.2) is 9.67 Å². The number of nitrogens with one attached hydrogen (secondary N) is 1. The minimum absolute atomic E-state index is 0.156. The number of aliphatic carboxylic acids is 1. The van der Waals surface area contributed by atoms with Crippen molar-refractivity contribution in [2.75, 3.05) is 26.4 Å². The van der Waals surface area contributed by atoms with Crippen molar-refractivity contribution in [2.45, 2.75) is 132 Å². The highest BCUT2D eigenvalue weighted by molar-refractivity contribution is 5.89. The molecule has 4 N–H and O–H groups in total. The molecule has 12 atom stereocenters. The van der Waals surface area contributed by atoms with Crippen LogP contribution < -0.4 is 11.1 Å². The number of hydrogen-bond donors (Lipinski definition) is 3. The van der Waals surface area contributed by atoms with Gasteiger partial charge in [0.2, 0.25) is 5.82 Å². The third-order valence-electron chi connectivity index (χ3n) is 16.5. The van der Waals surface area contributed by atoms with Gasteiger partial charge in [-0.3, -0.25) is 9.59 Å². The zero-order valence-electron chi connectivity index (χ0n) is 33.3. The number of carboxylic acid groups (broad SMARTS) is 1. The number of likely N-dealkylation sites (N-methyl/N-ethyl adjacent to an activating group) is 1. The fraction of sp³-hybridized carbons (Fsp3) is 0.854. The number of aromatic nitrogens is 3. The number of primary amides is 1. The van der Waals surface area contributed by atoms with Crippen molar-refractivity contribution < 1.29 is 24.2 Å². The Morgan fingerprint density at radius 3 is 2.43 bits per heavy atom. The molecule has 1 aromatic rings. The van der Waals surface area contributed by atoms with Crippen LogP contribution in [0.5, 0.6) is 0 Å². The predicted molar refractivity (Wildman–Crippen MR) is 198 cm³/mol. The molecule has 1 amide bonds. The molecule has 4 aliphatic carbocycles. The van der Waals surface area contributed by atoms with Crippen LogP contribution in [-0.2, 0) is 14.3 Å². The van der Waals surface area contributed by atoms with Crippen LogP contribution in [0.1, 0.15) is 131 Å². The van der Waals surface area contributed by atoms with Crippen molar-refractivity contribution in [1.82, 2.24) is 20.1 Å². The summed E-state index contributed by atoms with van der Waals surface area (Å²) >= 11 is 0. The average molecular weight is 710 g/mol. The number of carbonyl (C=O) groups is 2. The quantitative estimate of drug-likeness (QED) is 0.211. The maximum absolute atomic E-state index is 13.6. The zero-order chi connectivity index (χ0) is 37.5. The van der Waals surface area contributed by atoms with E-state index in [1.54, 1.807) is 4.68 Å². The maximum Gasteiger partial charge on any atom is 0.307 e. The standard InChI is InChI=1S/C41H67N5O5/c1-12-44-40(11,25(4)5)21-51-32-29(46-34(33(42)47)43-23-45-46)19-36(7)20-50-22-41(32)28-15-16-39(10)31(35(48)49)37(8,26(6)24(2)3)17-18-38(39,9)27(28)13-14-30(36)41/h15,23-27,29-32,44H,12-14,16-22H2,1-11H3,(H2,42,47)(H,48,49)/t26-,27+,29-,30-,31-,32+,36-,37-,38-,39+,40+,41+/m1/s1. The number of carbonyl (C=O) groups excluding carboxylic acids is 1. The summed E-state index contributed by atoms with van der Waals surface area (Å²) in [5.74, 6) is -0.111. The fourth-order valence-corrected chi connectivity index (χ4v) is 12.8. The topological polar surface area (TPSA) is 142 Å². The minimum atomic E-state index is -0.656. The van der Waals surface area contributed by atoms with Crippen LogP contribution in [0, 0.1) is 62.6 Å². The molecule has 6 rings (SSSR count). The normalized spacial score (nSPS) is 42.3. The largest absolute Gasteiger partial charge is 0.481 e. The molecule has 3 saturated carbocycles. The Kier molecular flexibility index (Phi) is 9.74. The van der Waals surface area contributed by atoms with Crippen molar-refractivity contribution >= 4 is 11.9 Å². The molecule has 286 valence electrons. The van der Waals surface area contributed by atoms with E-state index >= 15 is 0 Å². The first-order valence-electron chi connectivity index (χ1n) is 19.8. The summed E-state index contributed by atoms with van der Waals surface area (Å²) in [6, 6.07) is -0.285. The Hall–Kier alpha value is -2.30. The van der Waals surface area contributed by atoms with Crippen molar-refractivity contribution in [1.29, 1.82) is 0 Å². The molecular formula is C41H67N5O5. The molecule has 2 bridgehead atoms. The number of ether oxygens (including phenoxy) is 2. The summed E-state index contributed by atoms with van der Waals surface area (Å²) in [5.41, 5.74) is 5.38. The van der Waals surface area contributed by atoms with E-state index in [0.29, 0.717) is 44.0 Å². The van der Waals surface area contributed by atoms with E-state index in [1.807, 2.05) is 0 Å². The van der Waals surface area contributed by atoms with Gasteiger partial charge >= 0.3 is 5.97 Å². The van der Waals surface area contributed by atoms with Crippen LogP contribution >= 0.6 is 0 Å². The van der Waals surface area contributed by atoms with Gasteiger partial charge in [0.05, 0.1) is 37.9 Å². The first kappa shape index (κ1) is 38.4. The van der Waals surface area contributed by atoms with E-state index < -0.39 is 28.6 Å². The number of allylic oxidation sites excluding steroid dienone is 1. The van der Waals surface area contributed by atoms with Crippen LogP contribution in [0.2, 0.25) is 0 Å². The van der Waals surface area contributed by atoms with Gasteiger partial charge in [-0.05, 0) is 103 Å². The van der Waals surface area contributed by atoms with Gasteiger partial charge < -0.3 is 25.6 Å². The second-order valence-electron chi connectivity index (χ2n) is 19.4. The summed E-state index contributed by atoms with van der Waals surface area (Å²) in [5, 5.41) is 19.5. The maximum atomic E-state index is 13.6. The lowest BCUT2D eigenvalue weighted by Crippen LogP contribution is -2.70. The van der Waals surface area contributed by atoms with E-state index in [0.717, 1.165) is 38.6 Å². The molecule has 10 heteroatoms. The molecule has 0 aromatic carbocycles. The van der Waals surface area contributed by atoms with Crippen LogP contribution in [-0.4, -0.2) is 69.8 Å². The molecule has 5 aliphatic rings. The molecule has 2 heterocycles. The molecule has 0 radical (unpaired) electrons. The van der Waals surface area contributed by atoms with E-state index in [2.05, 4.69) is 97.6 Å². The first-order valence-corrected chi connectivity index (χ1v) is 19.8. The second-order valence-corrected chi connectivity index (χ2v) is 19.4. The number of nitrogens with two attached hydrogens (primary N) is 1. The highest BCUT2D eigenvalue weighted by Gasteiger charge is 2.73. The summed E-state index contributed by atoms with van der Waals surface area (Å²) in [7, 11) is 0. The van der Waals surface area contributed by atoms with E-state index in [-0.39, 0.29) is 51.6 Å².